The van der Waals surface area contributed by atoms with E-state index >= 15 is 0 Å². The summed E-state index contributed by atoms with van der Waals surface area (Å²) >= 11 is 2.87. The van der Waals surface area contributed by atoms with E-state index in [1.54, 1.807) is 16.0 Å². The van der Waals surface area contributed by atoms with Crippen molar-refractivity contribution in [3.63, 3.8) is 0 Å². The highest BCUT2D eigenvalue weighted by Gasteiger charge is 2.25. The molecule has 2 aromatic heterocycles. The van der Waals surface area contributed by atoms with Gasteiger partial charge in [-0.2, -0.15) is 5.26 Å². The smallest absolute Gasteiger partial charge is 0.238 e. The van der Waals surface area contributed by atoms with Gasteiger partial charge in [-0.25, -0.2) is 4.68 Å². The predicted molar refractivity (Wildman–Crippen MR) is 111 cm³/mol. The molecule has 0 aromatic carbocycles. The molecule has 8 nitrogen and oxygen atoms in total. The number of tetrazole rings is 1. The third-order valence-electron chi connectivity index (χ3n) is 5.32. The van der Waals surface area contributed by atoms with Crippen molar-refractivity contribution in [3.05, 3.63) is 16.0 Å². The second-order valence-corrected chi connectivity index (χ2v) is 9.82. The molecule has 2 atom stereocenters. The summed E-state index contributed by atoms with van der Waals surface area (Å²) in [6.45, 7) is 3.20. The Labute approximate surface area is 178 Å². The zero-order valence-electron chi connectivity index (χ0n) is 16.4. The number of thioether (sulfide) groups is 1. The Kier molecular flexibility index (Phi) is 6.47. The largest absolute Gasteiger partial charge is 0.376 e. The average molecular weight is 433 g/mol. The van der Waals surface area contributed by atoms with Crippen LogP contribution >= 0.6 is 23.1 Å². The van der Waals surface area contributed by atoms with Gasteiger partial charge >= 0.3 is 0 Å². The maximum Gasteiger partial charge on any atom is 0.238 e. The molecule has 0 unspecified atom stereocenters. The topological polar surface area (TPSA) is 106 Å². The number of ether oxygens (including phenoxy) is 1. The van der Waals surface area contributed by atoms with Crippen LogP contribution in [0.15, 0.2) is 5.16 Å². The van der Waals surface area contributed by atoms with Gasteiger partial charge in [-0.15, -0.1) is 16.4 Å². The molecule has 2 aromatic rings. The summed E-state index contributed by atoms with van der Waals surface area (Å²) in [7, 11) is 0. The van der Waals surface area contributed by atoms with E-state index in [0.29, 0.717) is 22.3 Å². The number of nitrogens with zero attached hydrogens (tertiary/aromatic N) is 5. The first-order valence-corrected chi connectivity index (χ1v) is 11.7. The number of amides is 1. The van der Waals surface area contributed by atoms with E-state index in [0.717, 1.165) is 50.7 Å². The second kappa shape index (κ2) is 9.24. The van der Waals surface area contributed by atoms with E-state index in [1.165, 1.54) is 23.1 Å². The quantitative estimate of drug-likeness (QED) is 0.552. The number of aromatic nitrogens is 4. The Morgan fingerprint density at radius 2 is 2.28 bits per heavy atom. The fourth-order valence-corrected chi connectivity index (χ4v) is 5.79. The van der Waals surface area contributed by atoms with Gasteiger partial charge in [0.1, 0.15) is 11.1 Å². The number of hydrogen-bond donors (Lipinski definition) is 1. The van der Waals surface area contributed by atoms with Gasteiger partial charge in [-0.3, -0.25) is 4.79 Å². The van der Waals surface area contributed by atoms with Crippen LogP contribution in [0.2, 0.25) is 0 Å². The third-order valence-corrected chi connectivity index (χ3v) is 7.60. The van der Waals surface area contributed by atoms with Crippen LogP contribution in [0, 0.1) is 11.3 Å². The van der Waals surface area contributed by atoms with E-state index in [4.69, 9.17) is 4.74 Å². The fourth-order valence-electron chi connectivity index (χ4n) is 3.75. The number of carbonyl (C=O) groups is 1. The maximum absolute atomic E-state index is 12.8. The van der Waals surface area contributed by atoms with Gasteiger partial charge in [-0.1, -0.05) is 18.2 Å². The number of carbonyl (C=O) groups excluding carboxylic acids is 1. The Balaban J connectivity index is 1.42. The summed E-state index contributed by atoms with van der Waals surface area (Å²) in [6, 6.07) is 2.31. The molecule has 4 rings (SSSR count). The molecule has 29 heavy (non-hydrogen) atoms. The summed E-state index contributed by atoms with van der Waals surface area (Å²) in [5.74, 6) is -0.144. The van der Waals surface area contributed by atoms with E-state index in [9.17, 15) is 10.1 Å². The molecule has 0 spiro atoms. The molecular weight excluding hydrogens is 408 g/mol. The summed E-state index contributed by atoms with van der Waals surface area (Å²) in [4.78, 5) is 14.1. The van der Waals surface area contributed by atoms with Gasteiger partial charge in [0.2, 0.25) is 11.1 Å². The molecule has 10 heteroatoms. The lowest BCUT2D eigenvalue weighted by Gasteiger charge is -2.13. The Morgan fingerprint density at radius 3 is 3.07 bits per heavy atom. The number of aryl methyl sites for hydroxylation is 1. The molecule has 1 amide bonds. The molecule has 0 radical (unpaired) electrons. The van der Waals surface area contributed by atoms with Crippen LogP contribution in [0.4, 0.5) is 5.00 Å². The van der Waals surface area contributed by atoms with Crippen LogP contribution in [0.5, 0.6) is 0 Å². The van der Waals surface area contributed by atoms with Crippen LogP contribution in [0.3, 0.4) is 0 Å². The number of fused-ring (bicyclic) bond motifs is 1. The van der Waals surface area contributed by atoms with Gasteiger partial charge in [-0.05, 0) is 61.4 Å². The number of nitriles is 1. The number of thiophene rings is 1. The fraction of sp³-hybridized carbons (Fsp3) is 0.632. The van der Waals surface area contributed by atoms with Crippen LogP contribution < -0.4 is 5.32 Å². The normalized spacial score (nSPS) is 19.9. The zero-order valence-corrected chi connectivity index (χ0v) is 18.0. The lowest BCUT2D eigenvalue weighted by atomic mass is 10.1. The lowest BCUT2D eigenvalue weighted by molar-refractivity contribution is -0.115. The van der Waals surface area contributed by atoms with E-state index in [-0.39, 0.29) is 12.0 Å². The first kappa shape index (κ1) is 20.3. The Bertz CT molecular complexity index is 912. The van der Waals surface area contributed by atoms with Crippen LogP contribution in [0.25, 0.3) is 0 Å². The highest BCUT2D eigenvalue weighted by Crippen LogP contribution is 2.37. The minimum Gasteiger partial charge on any atom is -0.376 e. The van der Waals surface area contributed by atoms with Crippen LogP contribution in [-0.4, -0.2) is 44.1 Å². The van der Waals surface area contributed by atoms with Gasteiger partial charge in [0, 0.05) is 11.5 Å². The highest BCUT2D eigenvalue weighted by atomic mass is 32.2. The molecular formula is C19H24N6O2S2. The molecule has 0 bridgehead atoms. The standard InChI is InChI=1S/C19H24N6O2S2/c1-12(28-19-22-23-24-25(19)11-13-6-5-9-27-13)17(26)21-18-15(10-20)14-7-3-2-4-8-16(14)29-18/h12-13H,2-9,11H2,1H3,(H,21,26)/t12-,13-/m0/s1. The molecule has 0 saturated carbocycles. The van der Waals surface area contributed by atoms with E-state index in [1.807, 2.05) is 6.92 Å². The molecule has 3 heterocycles. The lowest BCUT2D eigenvalue weighted by Crippen LogP contribution is -2.23. The molecule has 154 valence electrons. The number of rotatable bonds is 6. The van der Waals surface area contributed by atoms with Crippen molar-refractivity contribution >= 4 is 34.0 Å². The minimum atomic E-state index is -0.391. The Morgan fingerprint density at radius 1 is 1.41 bits per heavy atom. The summed E-state index contributed by atoms with van der Waals surface area (Å²) in [5.41, 5.74) is 1.77. The molecule has 2 aliphatic rings. The third kappa shape index (κ3) is 4.63. The predicted octanol–water partition coefficient (Wildman–Crippen LogP) is 3.17. The van der Waals surface area contributed by atoms with Crippen molar-refractivity contribution in [1.82, 2.24) is 20.2 Å². The number of anilines is 1. The zero-order chi connectivity index (χ0) is 20.2. The summed E-state index contributed by atoms with van der Waals surface area (Å²) in [6.07, 6.45) is 7.54. The van der Waals surface area contributed by atoms with Crippen molar-refractivity contribution in [3.8, 4) is 6.07 Å². The minimum absolute atomic E-state index is 0.127. The molecule has 1 aliphatic heterocycles. The van der Waals surface area contributed by atoms with Crippen LogP contribution in [0.1, 0.15) is 55.0 Å². The van der Waals surface area contributed by atoms with E-state index in [2.05, 4.69) is 26.9 Å². The van der Waals surface area contributed by atoms with Crippen molar-refractivity contribution < 1.29 is 9.53 Å². The monoisotopic (exact) mass is 432 g/mol. The molecule has 1 fully saturated rings. The first-order valence-electron chi connectivity index (χ1n) is 10.1. The van der Waals surface area contributed by atoms with Gasteiger partial charge < -0.3 is 10.1 Å². The van der Waals surface area contributed by atoms with Crippen LogP contribution in [-0.2, 0) is 28.9 Å². The average Bonchev–Trinajstić information content (AvgIpc) is 3.41. The maximum atomic E-state index is 12.8. The van der Waals surface area contributed by atoms with Crippen molar-refractivity contribution in [1.29, 1.82) is 5.26 Å². The second-order valence-electron chi connectivity index (χ2n) is 7.41. The van der Waals surface area contributed by atoms with Crippen molar-refractivity contribution in [2.75, 3.05) is 11.9 Å². The van der Waals surface area contributed by atoms with Crippen molar-refractivity contribution in [2.45, 2.75) is 74.9 Å². The summed E-state index contributed by atoms with van der Waals surface area (Å²) in [5, 5.41) is 25.4. The first-order chi connectivity index (χ1) is 14.2. The number of nitrogens with one attached hydrogen (secondary N) is 1. The van der Waals surface area contributed by atoms with Gasteiger partial charge in [0.25, 0.3) is 0 Å². The molecule has 1 N–H and O–H groups in total. The molecule has 1 aliphatic carbocycles. The van der Waals surface area contributed by atoms with Gasteiger partial charge in [0.15, 0.2) is 0 Å². The molecule has 1 saturated heterocycles. The van der Waals surface area contributed by atoms with Crippen molar-refractivity contribution in [2.24, 2.45) is 0 Å². The highest BCUT2D eigenvalue weighted by molar-refractivity contribution is 8.00. The number of hydrogen-bond acceptors (Lipinski definition) is 8. The van der Waals surface area contributed by atoms with E-state index < -0.39 is 5.25 Å². The Hall–Kier alpha value is -1.96. The van der Waals surface area contributed by atoms with Gasteiger partial charge in [0.05, 0.1) is 23.5 Å². The summed E-state index contributed by atoms with van der Waals surface area (Å²) < 4.78 is 7.36. The SMILES string of the molecule is C[C@H](Sc1nnnn1C[C@@H]1CCCO1)C(=O)Nc1sc2c(c1C#N)CCCCC2.